The van der Waals surface area contributed by atoms with E-state index >= 15 is 0 Å². The Morgan fingerprint density at radius 3 is 2.40 bits per heavy atom. The van der Waals surface area contributed by atoms with Crippen LogP contribution >= 0.6 is 0 Å². The molecule has 0 amide bonds. The molecule has 1 saturated carbocycles. The van der Waals surface area contributed by atoms with Crippen molar-refractivity contribution in [2.24, 2.45) is 5.92 Å². The number of sulfonamides is 1. The van der Waals surface area contributed by atoms with Gasteiger partial charge in [0.15, 0.2) is 0 Å². The summed E-state index contributed by atoms with van der Waals surface area (Å²) in [5, 5.41) is 2.95. The van der Waals surface area contributed by atoms with E-state index in [1.165, 1.54) is 23.1 Å². The summed E-state index contributed by atoms with van der Waals surface area (Å²) in [6.07, 6.45) is 6.22. The van der Waals surface area contributed by atoms with Crippen molar-refractivity contribution >= 4 is 16.0 Å². The van der Waals surface area contributed by atoms with E-state index in [1.54, 1.807) is 0 Å². The average Bonchev–Trinajstić information content (AvgIpc) is 2.38. The maximum atomic E-state index is 12.5. The number of rotatable bonds is 7. The zero-order chi connectivity index (χ0) is 14.6. The van der Waals surface area contributed by atoms with E-state index in [0.29, 0.717) is 31.5 Å². The second kappa shape index (κ2) is 6.49. The number of hydrogen-bond acceptors (Lipinski definition) is 5. The molecule has 2 rings (SSSR count). The maximum Gasteiger partial charge on any atom is 0.246 e. The van der Waals surface area contributed by atoms with Crippen LogP contribution in [0.1, 0.15) is 33.1 Å². The predicted molar refractivity (Wildman–Crippen MR) is 78.0 cm³/mol. The molecular formula is C13H22N4O2S. The van der Waals surface area contributed by atoms with Crippen LogP contribution in [0.3, 0.4) is 0 Å². The Morgan fingerprint density at radius 1 is 1.30 bits per heavy atom. The second-order valence-electron chi connectivity index (χ2n) is 5.03. The standard InChI is InChI=1S/C13H22N4O2S/c1-3-14-13-15-8-12(9-16-13)20(18,19)17(4-2)10-11-6-5-7-11/h8-9,11H,3-7,10H2,1-2H3,(H,14,15,16). The van der Waals surface area contributed by atoms with Crippen molar-refractivity contribution in [1.82, 2.24) is 14.3 Å². The Bertz CT molecular complexity index is 526. The van der Waals surface area contributed by atoms with Crippen LogP contribution in [0.25, 0.3) is 0 Å². The molecule has 1 aromatic heterocycles. The van der Waals surface area contributed by atoms with Crippen molar-refractivity contribution in [3.05, 3.63) is 12.4 Å². The summed E-state index contributed by atoms with van der Waals surface area (Å²) in [5.74, 6) is 0.958. The normalized spacial score (nSPS) is 16.1. The molecule has 0 unspecified atom stereocenters. The molecule has 20 heavy (non-hydrogen) atoms. The molecule has 0 atom stereocenters. The summed E-state index contributed by atoms with van der Waals surface area (Å²) in [5.41, 5.74) is 0. The van der Waals surface area contributed by atoms with Crippen LogP contribution in [0.4, 0.5) is 5.95 Å². The Morgan fingerprint density at radius 2 is 1.95 bits per heavy atom. The van der Waals surface area contributed by atoms with Crippen molar-refractivity contribution in [2.75, 3.05) is 25.0 Å². The van der Waals surface area contributed by atoms with Gasteiger partial charge in [-0.1, -0.05) is 13.3 Å². The molecule has 0 bridgehead atoms. The second-order valence-corrected chi connectivity index (χ2v) is 6.96. The van der Waals surface area contributed by atoms with Gasteiger partial charge in [-0.25, -0.2) is 18.4 Å². The monoisotopic (exact) mass is 298 g/mol. The molecule has 1 aliphatic carbocycles. The molecule has 0 saturated heterocycles. The van der Waals surface area contributed by atoms with E-state index in [-0.39, 0.29) is 4.90 Å². The molecule has 6 nitrogen and oxygen atoms in total. The minimum Gasteiger partial charge on any atom is -0.355 e. The van der Waals surface area contributed by atoms with Crippen LogP contribution in [0.2, 0.25) is 0 Å². The van der Waals surface area contributed by atoms with E-state index in [0.717, 1.165) is 12.8 Å². The van der Waals surface area contributed by atoms with Gasteiger partial charge in [-0.3, -0.25) is 0 Å². The first-order chi connectivity index (χ1) is 9.57. The van der Waals surface area contributed by atoms with Gasteiger partial charge in [0.2, 0.25) is 16.0 Å². The van der Waals surface area contributed by atoms with Crippen LogP contribution in [-0.4, -0.2) is 42.3 Å². The summed E-state index contributed by atoms with van der Waals surface area (Å²) in [6.45, 7) is 5.59. The van der Waals surface area contributed by atoms with Gasteiger partial charge in [0.25, 0.3) is 0 Å². The average molecular weight is 298 g/mol. The zero-order valence-electron chi connectivity index (χ0n) is 12.0. The highest BCUT2D eigenvalue weighted by molar-refractivity contribution is 7.89. The fraction of sp³-hybridized carbons (Fsp3) is 0.692. The molecule has 0 aromatic carbocycles. The fourth-order valence-corrected chi connectivity index (χ4v) is 3.63. The summed E-state index contributed by atoms with van der Waals surface area (Å²) in [7, 11) is -3.47. The van der Waals surface area contributed by atoms with Gasteiger partial charge in [-0.05, 0) is 25.7 Å². The van der Waals surface area contributed by atoms with Gasteiger partial charge < -0.3 is 5.32 Å². The van der Waals surface area contributed by atoms with E-state index in [1.807, 2.05) is 13.8 Å². The third-order valence-electron chi connectivity index (χ3n) is 3.64. The zero-order valence-corrected chi connectivity index (χ0v) is 12.9. The summed E-state index contributed by atoms with van der Waals surface area (Å²) in [4.78, 5) is 8.24. The van der Waals surface area contributed by atoms with Gasteiger partial charge in [0, 0.05) is 19.6 Å². The number of aromatic nitrogens is 2. The minimum atomic E-state index is -3.47. The topological polar surface area (TPSA) is 75.2 Å². The van der Waals surface area contributed by atoms with Crippen molar-refractivity contribution in [2.45, 2.75) is 38.0 Å². The van der Waals surface area contributed by atoms with Gasteiger partial charge >= 0.3 is 0 Å². The first-order valence-corrected chi connectivity index (χ1v) is 8.58. The van der Waals surface area contributed by atoms with Crippen LogP contribution in [0, 0.1) is 5.92 Å². The van der Waals surface area contributed by atoms with Crippen LogP contribution < -0.4 is 5.32 Å². The minimum absolute atomic E-state index is 0.167. The number of hydrogen-bond donors (Lipinski definition) is 1. The SMILES string of the molecule is CCNc1ncc(S(=O)(=O)N(CC)CC2CCC2)cn1. The Kier molecular flexibility index (Phi) is 4.93. The smallest absolute Gasteiger partial charge is 0.246 e. The lowest BCUT2D eigenvalue weighted by Gasteiger charge is -2.31. The highest BCUT2D eigenvalue weighted by Crippen LogP contribution is 2.28. The molecule has 7 heteroatoms. The highest BCUT2D eigenvalue weighted by Gasteiger charge is 2.28. The molecule has 0 radical (unpaired) electrons. The van der Waals surface area contributed by atoms with Crippen molar-refractivity contribution in [3.8, 4) is 0 Å². The molecule has 1 aliphatic rings. The van der Waals surface area contributed by atoms with E-state index in [4.69, 9.17) is 0 Å². The van der Waals surface area contributed by atoms with Crippen molar-refractivity contribution in [3.63, 3.8) is 0 Å². The molecule has 1 fully saturated rings. The Hall–Kier alpha value is -1.21. The summed E-state index contributed by atoms with van der Waals surface area (Å²) in [6, 6.07) is 0. The van der Waals surface area contributed by atoms with Gasteiger partial charge in [0.05, 0.1) is 12.4 Å². The number of nitrogens with zero attached hydrogens (tertiary/aromatic N) is 3. The lowest BCUT2D eigenvalue weighted by atomic mass is 9.85. The fourth-order valence-electron chi connectivity index (χ4n) is 2.21. The Labute approximate surface area is 120 Å². The number of anilines is 1. The molecule has 0 spiro atoms. The van der Waals surface area contributed by atoms with E-state index in [9.17, 15) is 8.42 Å². The molecule has 1 heterocycles. The highest BCUT2D eigenvalue weighted by atomic mass is 32.2. The largest absolute Gasteiger partial charge is 0.355 e. The van der Waals surface area contributed by atoms with E-state index < -0.39 is 10.0 Å². The van der Waals surface area contributed by atoms with Crippen LogP contribution in [0.5, 0.6) is 0 Å². The first-order valence-electron chi connectivity index (χ1n) is 7.14. The molecule has 112 valence electrons. The predicted octanol–water partition coefficient (Wildman–Crippen LogP) is 1.72. The first kappa shape index (κ1) is 15.2. The quantitative estimate of drug-likeness (QED) is 0.829. The summed E-state index contributed by atoms with van der Waals surface area (Å²) < 4.78 is 26.6. The van der Waals surface area contributed by atoms with Crippen LogP contribution in [0.15, 0.2) is 17.3 Å². The van der Waals surface area contributed by atoms with Gasteiger partial charge in [-0.2, -0.15) is 4.31 Å². The maximum absolute atomic E-state index is 12.5. The van der Waals surface area contributed by atoms with Gasteiger partial charge in [-0.15, -0.1) is 0 Å². The van der Waals surface area contributed by atoms with Crippen molar-refractivity contribution < 1.29 is 8.42 Å². The third-order valence-corrected chi connectivity index (χ3v) is 5.53. The van der Waals surface area contributed by atoms with Crippen molar-refractivity contribution in [1.29, 1.82) is 0 Å². The third kappa shape index (κ3) is 3.27. The molecular weight excluding hydrogens is 276 g/mol. The van der Waals surface area contributed by atoms with Crippen LogP contribution in [-0.2, 0) is 10.0 Å². The molecule has 1 aromatic rings. The van der Waals surface area contributed by atoms with E-state index in [2.05, 4.69) is 15.3 Å². The summed E-state index contributed by atoms with van der Waals surface area (Å²) >= 11 is 0. The molecule has 1 N–H and O–H groups in total. The molecule has 0 aliphatic heterocycles. The van der Waals surface area contributed by atoms with Gasteiger partial charge in [0.1, 0.15) is 4.90 Å². The Balaban J connectivity index is 2.14. The number of nitrogens with one attached hydrogen (secondary N) is 1. The lowest BCUT2D eigenvalue weighted by molar-refractivity contribution is 0.250. The lowest BCUT2D eigenvalue weighted by Crippen LogP contribution is -2.37.